The molecular weight excluding hydrogens is 318 g/mol. The van der Waals surface area contributed by atoms with Gasteiger partial charge in [0.1, 0.15) is 0 Å². The Bertz CT molecular complexity index is 518. The Morgan fingerprint density at radius 2 is 1.88 bits per heavy atom. The number of hydrogen-bond acceptors (Lipinski definition) is 3. The van der Waals surface area contributed by atoms with E-state index in [1.54, 1.807) is 11.8 Å². The summed E-state index contributed by atoms with van der Waals surface area (Å²) in [6.07, 6.45) is 4.67. The van der Waals surface area contributed by atoms with Crippen molar-refractivity contribution in [1.82, 2.24) is 14.7 Å². The molecule has 1 saturated carbocycles. The van der Waals surface area contributed by atoms with Gasteiger partial charge < -0.3 is 14.9 Å². The van der Waals surface area contributed by atoms with Crippen LogP contribution in [0.1, 0.15) is 52.9 Å². The molecule has 3 aliphatic rings. The standard InChI is InChI=1S/C19H33N3O3/c1-4-16-17(12-19(16)8-11-21(13-19)18(24)25)20-9-6-15(7-10-20)22(5-2)14(3)23/h15-17H,4-13H2,1-3H3,(H,24,25). The third-order valence-corrected chi connectivity index (χ3v) is 7.12. The van der Waals surface area contributed by atoms with Crippen LogP contribution in [0.3, 0.4) is 0 Å². The molecule has 3 atom stereocenters. The maximum Gasteiger partial charge on any atom is 0.407 e. The molecule has 0 radical (unpaired) electrons. The molecule has 3 fully saturated rings. The lowest BCUT2D eigenvalue weighted by atomic mass is 9.54. The van der Waals surface area contributed by atoms with E-state index < -0.39 is 6.09 Å². The van der Waals surface area contributed by atoms with Crippen molar-refractivity contribution >= 4 is 12.0 Å². The first-order valence-electron chi connectivity index (χ1n) is 9.91. The Morgan fingerprint density at radius 3 is 2.36 bits per heavy atom. The van der Waals surface area contributed by atoms with Crippen molar-refractivity contribution in [2.24, 2.45) is 11.3 Å². The van der Waals surface area contributed by atoms with Gasteiger partial charge in [0.25, 0.3) is 0 Å². The summed E-state index contributed by atoms with van der Waals surface area (Å²) in [6, 6.07) is 0.994. The number of likely N-dealkylation sites (tertiary alicyclic amines) is 2. The fourth-order valence-electron chi connectivity index (χ4n) is 5.84. The summed E-state index contributed by atoms with van der Waals surface area (Å²) < 4.78 is 0. The van der Waals surface area contributed by atoms with E-state index >= 15 is 0 Å². The molecule has 2 amide bonds. The van der Waals surface area contributed by atoms with Crippen molar-refractivity contribution in [2.45, 2.75) is 65.0 Å². The molecule has 0 bridgehead atoms. The Kier molecular flexibility index (Phi) is 5.28. The third kappa shape index (κ3) is 3.25. The van der Waals surface area contributed by atoms with E-state index in [0.29, 0.717) is 24.5 Å². The SMILES string of the molecule is CCC1C(N2CCC(N(CC)C(C)=O)CC2)CC12CCN(C(=O)O)C2. The molecule has 1 aliphatic carbocycles. The Balaban J connectivity index is 1.56. The molecule has 3 unspecified atom stereocenters. The molecular formula is C19H33N3O3. The Morgan fingerprint density at radius 1 is 1.20 bits per heavy atom. The number of amides is 2. The normalized spacial score (nSPS) is 33.5. The molecule has 142 valence electrons. The molecule has 3 rings (SSSR count). The van der Waals surface area contributed by atoms with E-state index in [-0.39, 0.29) is 11.3 Å². The zero-order valence-electron chi connectivity index (χ0n) is 15.9. The van der Waals surface area contributed by atoms with Gasteiger partial charge in [-0.2, -0.15) is 0 Å². The molecule has 25 heavy (non-hydrogen) atoms. The van der Waals surface area contributed by atoms with Crippen LogP contribution in [0, 0.1) is 11.3 Å². The maximum atomic E-state index is 11.8. The van der Waals surface area contributed by atoms with Gasteiger partial charge in [0.2, 0.25) is 5.91 Å². The zero-order valence-corrected chi connectivity index (χ0v) is 15.9. The van der Waals surface area contributed by atoms with E-state index in [0.717, 1.165) is 58.3 Å². The van der Waals surface area contributed by atoms with Gasteiger partial charge in [-0.05, 0) is 43.9 Å². The van der Waals surface area contributed by atoms with E-state index in [1.807, 2.05) is 4.90 Å². The van der Waals surface area contributed by atoms with Crippen LogP contribution in [0.25, 0.3) is 0 Å². The van der Waals surface area contributed by atoms with Gasteiger partial charge in [0, 0.05) is 51.7 Å². The van der Waals surface area contributed by atoms with Gasteiger partial charge in [0.15, 0.2) is 0 Å². The highest BCUT2D eigenvalue weighted by atomic mass is 16.4. The average molecular weight is 351 g/mol. The third-order valence-electron chi connectivity index (χ3n) is 7.12. The molecule has 1 spiro atoms. The maximum absolute atomic E-state index is 11.8. The number of piperidine rings is 1. The van der Waals surface area contributed by atoms with Crippen molar-refractivity contribution in [3.05, 3.63) is 0 Å². The summed E-state index contributed by atoms with van der Waals surface area (Å²) in [5.74, 6) is 0.804. The van der Waals surface area contributed by atoms with Crippen LogP contribution >= 0.6 is 0 Å². The van der Waals surface area contributed by atoms with Gasteiger partial charge in [0.05, 0.1) is 0 Å². The second-order valence-corrected chi connectivity index (χ2v) is 8.17. The second kappa shape index (κ2) is 7.14. The van der Waals surface area contributed by atoms with E-state index in [2.05, 4.69) is 18.7 Å². The van der Waals surface area contributed by atoms with Gasteiger partial charge in [-0.1, -0.05) is 13.3 Å². The van der Waals surface area contributed by atoms with Crippen molar-refractivity contribution in [2.75, 3.05) is 32.7 Å². The molecule has 2 heterocycles. The molecule has 0 aromatic carbocycles. The Labute approximate surface area is 151 Å². The lowest BCUT2D eigenvalue weighted by molar-refractivity contribution is -0.133. The highest BCUT2D eigenvalue weighted by molar-refractivity contribution is 5.73. The van der Waals surface area contributed by atoms with E-state index in [1.165, 1.54) is 0 Å². The van der Waals surface area contributed by atoms with Crippen molar-refractivity contribution in [3.8, 4) is 0 Å². The molecule has 6 nitrogen and oxygen atoms in total. The van der Waals surface area contributed by atoms with Crippen LogP contribution in [-0.4, -0.2) is 76.6 Å². The van der Waals surface area contributed by atoms with Crippen LogP contribution in [-0.2, 0) is 4.79 Å². The molecule has 1 N–H and O–H groups in total. The fraction of sp³-hybridized carbons (Fsp3) is 0.895. The average Bonchev–Trinajstić information content (AvgIpc) is 3.02. The van der Waals surface area contributed by atoms with Crippen molar-refractivity contribution in [3.63, 3.8) is 0 Å². The minimum absolute atomic E-state index is 0.190. The number of hydrogen-bond donors (Lipinski definition) is 1. The van der Waals surface area contributed by atoms with Crippen LogP contribution in [0.5, 0.6) is 0 Å². The topological polar surface area (TPSA) is 64.1 Å². The lowest BCUT2D eigenvalue weighted by Gasteiger charge is -2.58. The zero-order chi connectivity index (χ0) is 18.2. The quantitative estimate of drug-likeness (QED) is 0.845. The fourth-order valence-corrected chi connectivity index (χ4v) is 5.84. The highest BCUT2D eigenvalue weighted by Gasteiger charge is 2.57. The summed E-state index contributed by atoms with van der Waals surface area (Å²) in [5.41, 5.74) is 0.226. The van der Waals surface area contributed by atoms with E-state index in [4.69, 9.17) is 0 Å². The summed E-state index contributed by atoms with van der Waals surface area (Å²) in [7, 11) is 0. The summed E-state index contributed by atoms with van der Waals surface area (Å²) in [5, 5.41) is 9.27. The highest BCUT2D eigenvalue weighted by Crippen LogP contribution is 2.56. The molecule has 2 saturated heterocycles. The molecule has 6 heteroatoms. The molecule has 0 aromatic rings. The lowest BCUT2D eigenvalue weighted by Crippen LogP contribution is -2.62. The minimum atomic E-state index is -0.764. The number of carboxylic acid groups (broad SMARTS) is 1. The predicted octanol–water partition coefficient (Wildman–Crippen LogP) is 2.49. The van der Waals surface area contributed by atoms with Crippen molar-refractivity contribution in [1.29, 1.82) is 0 Å². The second-order valence-electron chi connectivity index (χ2n) is 8.17. The van der Waals surface area contributed by atoms with Gasteiger partial charge >= 0.3 is 6.09 Å². The molecule has 2 aliphatic heterocycles. The number of rotatable bonds is 4. The monoisotopic (exact) mass is 351 g/mol. The largest absolute Gasteiger partial charge is 0.465 e. The first kappa shape index (κ1) is 18.5. The minimum Gasteiger partial charge on any atom is -0.465 e. The number of carbonyl (C=O) groups excluding carboxylic acids is 1. The summed E-state index contributed by atoms with van der Waals surface area (Å²) in [4.78, 5) is 29.3. The summed E-state index contributed by atoms with van der Waals surface area (Å²) in [6.45, 7) is 10.3. The van der Waals surface area contributed by atoms with Crippen LogP contribution in [0.4, 0.5) is 4.79 Å². The smallest absolute Gasteiger partial charge is 0.407 e. The predicted molar refractivity (Wildman–Crippen MR) is 96.5 cm³/mol. The van der Waals surface area contributed by atoms with Gasteiger partial charge in [-0.15, -0.1) is 0 Å². The first-order valence-corrected chi connectivity index (χ1v) is 9.91. The molecule has 0 aromatic heterocycles. The van der Waals surface area contributed by atoms with E-state index in [9.17, 15) is 14.7 Å². The van der Waals surface area contributed by atoms with Crippen LogP contribution < -0.4 is 0 Å². The Hall–Kier alpha value is -1.30. The summed E-state index contributed by atoms with van der Waals surface area (Å²) >= 11 is 0. The van der Waals surface area contributed by atoms with Gasteiger partial charge in [-0.3, -0.25) is 9.69 Å². The number of carbonyl (C=O) groups is 2. The van der Waals surface area contributed by atoms with Crippen molar-refractivity contribution < 1.29 is 14.7 Å². The van der Waals surface area contributed by atoms with Crippen LogP contribution in [0.15, 0.2) is 0 Å². The first-order chi connectivity index (χ1) is 11.9. The number of nitrogens with zero attached hydrogens (tertiary/aromatic N) is 3. The van der Waals surface area contributed by atoms with Crippen LogP contribution in [0.2, 0.25) is 0 Å². The van der Waals surface area contributed by atoms with Gasteiger partial charge in [-0.25, -0.2) is 4.79 Å².